The molecule has 1 saturated heterocycles. The molecule has 150 valence electrons. The summed E-state index contributed by atoms with van der Waals surface area (Å²) in [5.41, 5.74) is 0. The number of aliphatic imine (C=N–C) groups is 1. The first kappa shape index (κ1) is 24.9. The number of halogens is 1. The molecule has 6 heteroatoms. The summed E-state index contributed by atoms with van der Waals surface area (Å²) in [7, 11) is 1.84. The van der Waals surface area contributed by atoms with Gasteiger partial charge in [-0.2, -0.15) is 0 Å². The molecule has 0 spiro atoms. The highest BCUT2D eigenvalue weighted by atomic mass is 127. The van der Waals surface area contributed by atoms with Crippen LogP contribution in [0.25, 0.3) is 0 Å². The van der Waals surface area contributed by atoms with E-state index in [1.165, 1.54) is 32.1 Å². The van der Waals surface area contributed by atoms with E-state index in [0.29, 0.717) is 5.92 Å². The predicted octanol–water partition coefficient (Wildman–Crippen LogP) is 3.82. The second kappa shape index (κ2) is 17.3. The third kappa shape index (κ3) is 12.8. The second-order valence-electron chi connectivity index (χ2n) is 6.83. The van der Waals surface area contributed by atoms with Gasteiger partial charge in [0.2, 0.25) is 0 Å². The second-order valence-corrected chi connectivity index (χ2v) is 6.83. The van der Waals surface area contributed by atoms with Crippen LogP contribution in [0.15, 0.2) is 4.99 Å². The van der Waals surface area contributed by atoms with Crippen LogP contribution < -0.4 is 10.6 Å². The van der Waals surface area contributed by atoms with Gasteiger partial charge in [0.1, 0.15) is 0 Å². The third-order valence-corrected chi connectivity index (χ3v) is 4.58. The molecule has 0 aliphatic carbocycles. The molecule has 0 radical (unpaired) electrons. The van der Waals surface area contributed by atoms with Crippen LogP contribution in [0.3, 0.4) is 0 Å². The fourth-order valence-electron chi connectivity index (χ4n) is 3.06. The van der Waals surface area contributed by atoms with Gasteiger partial charge in [0.05, 0.1) is 13.2 Å². The fraction of sp³-hybridized carbons (Fsp3) is 0.947. The minimum Gasteiger partial charge on any atom is -0.381 e. The molecule has 2 unspecified atom stereocenters. The quantitative estimate of drug-likeness (QED) is 0.186. The zero-order chi connectivity index (χ0) is 17.5. The number of hydrogen-bond acceptors (Lipinski definition) is 3. The zero-order valence-electron chi connectivity index (χ0n) is 16.5. The zero-order valence-corrected chi connectivity index (χ0v) is 18.8. The molecule has 0 bridgehead atoms. The molecule has 1 rings (SSSR count). The molecular weight excluding hydrogens is 429 g/mol. The molecule has 0 aromatic rings. The Hall–Kier alpha value is -0.0800. The summed E-state index contributed by atoms with van der Waals surface area (Å²) in [6.45, 7) is 9.85. The van der Waals surface area contributed by atoms with E-state index < -0.39 is 0 Å². The first-order valence-electron chi connectivity index (χ1n) is 9.90. The highest BCUT2D eigenvalue weighted by Gasteiger charge is 2.15. The smallest absolute Gasteiger partial charge is 0.190 e. The molecule has 2 N–H and O–H groups in total. The van der Waals surface area contributed by atoms with Crippen molar-refractivity contribution in [2.75, 3.05) is 46.6 Å². The van der Waals surface area contributed by atoms with Crippen LogP contribution >= 0.6 is 24.0 Å². The van der Waals surface area contributed by atoms with Gasteiger partial charge >= 0.3 is 0 Å². The van der Waals surface area contributed by atoms with Crippen molar-refractivity contribution in [1.29, 1.82) is 0 Å². The SMILES string of the molecule is CCCCC(CCC)CNC(=NC)NCCCOCC1CCOC1.I. The molecule has 1 heterocycles. The van der Waals surface area contributed by atoms with E-state index in [2.05, 4.69) is 29.5 Å². The van der Waals surface area contributed by atoms with Gasteiger partial charge in [0, 0.05) is 39.3 Å². The number of ether oxygens (including phenoxy) is 2. The van der Waals surface area contributed by atoms with Crippen molar-refractivity contribution in [3.05, 3.63) is 0 Å². The van der Waals surface area contributed by atoms with E-state index in [1.54, 1.807) is 0 Å². The van der Waals surface area contributed by atoms with Gasteiger partial charge in [0.15, 0.2) is 5.96 Å². The Morgan fingerprint density at radius 1 is 1.20 bits per heavy atom. The summed E-state index contributed by atoms with van der Waals surface area (Å²) >= 11 is 0. The van der Waals surface area contributed by atoms with Gasteiger partial charge in [-0.25, -0.2) is 0 Å². The predicted molar refractivity (Wildman–Crippen MR) is 117 cm³/mol. The summed E-state index contributed by atoms with van der Waals surface area (Å²) in [4.78, 5) is 4.32. The van der Waals surface area contributed by atoms with Crippen LogP contribution in [-0.4, -0.2) is 52.5 Å². The molecule has 0 saturated carbocycles. The molecule has 2 atom stereocenters. The van der Waals surface area contributed by atoms with E-state index >= 15 is 0 Å². The van der Waals surface area contributed by atoms with Crippen LogP contribution in [0.4, 0.5) is 0 Å². The first-order valence-corrected chi connectivity index (χ1v) is 9.90. The van der Waals surface area contributed by atoms with Crippen LogP contribution in [0.2, 0.25) is 0 Å². The van der Waals surface area contributed by atoms with Crippen LogP contribution in [0, 0.1) is 11.8 Å². The molecule has 1 aliphatic heterocycles. The van der Waals surface area contributed by atoms with Crippen LogP contribution in [0.5, 0.6) is 0 Å². The Bertz CT molecular complexity index is 324. The Morgan fingerprint density at radius 2 is 2.04 bits per heavy atom. The summed E-state index contributed by atoms with van der Waals surface area (Å²) < 4.78 is 11.1. The van der Waals surface area contributed by atoms with E-state index in [-0.39, 0.29) is 24.0 Å². The molecule has 0 aromatic heterocycles. The molecule has 25 heavy (non-hydrogen) atoms. The van der Waals surface area contributed by atoms with E-state index in [0.717, 1.165) is 64.2 Å². The minimum absolute atomic E-state index is 0. The van der Waals surface area contributed by atoms with Crippen LogP contribution in [-0.2, 0) is 9.47 Å². The van der Waals surface area contributed by atoms with Gasteiger partial charge in [-0.1, -0.05) is 33.1 Å². The lowest BCUT2D eigenvalue weighted by Crippen LogP contribution is -2.40. The first-order chi connectivity index (χ1) is 11.8. The van der Waals surface area contributed by atoms with E-state index in [1.807, 2.05) is 7.05 Å². The van der Waals surface area contributed by atoms with Crippen molar-refractivity contribution in [1.82, 2.24) is 10.6 Å². The van der Waals surface area contributed by atoms with Crippen LogP contribution in [0.1, 0.15) is 58.8 Å². The van der Waals surface area contributed by atoms with Crippen molar-refractivity contribution in [2.45, 2.75) is 58.8 Å². The van der Waals surface area contributed by atoms with Gasteiger partial charge < -0.3 is 20.1 Å². The molecule has 1 aliphatic rings. The molecule has 1 fully saturated rings. The maximum Gasteiger partial charge on any atom is 0.190 e. The van der Waals surface area contributed by atoms with E-state index in [4.69, 9.17) is 9.47 Å². The fourth-order valence-corrected chi connectivity index (χ4v) is 3.06. The average molecular weight is 469 g/mol. The van der Waals surface area contributed by atoms with Gasteiger partial charge in [-0.05, 0) is 31.6 Å². The number of unbranched alkanes of at least 4 members (excludes halogenated alkanes) is 1. The highest BCUT2D eigenvalue weighted by molar-refractivity contribution is 14.0. The summed E-state index contributed by atoms with van der Waals surface area (Å²) in [5, 5.41) is 6.87. The molecule has 0 amide bonds. The van der Waals surface area contributed by atoms with E-state index in [9.17, 15) is 0 Å². The van der Waals surface area contributed by atoms with Crippen molar-refractivity contribution >= 4 is 29.9 Å². The number of hydrogen-bond donors (Lipinski definition) is 2. The summed E-state index contributed by atoms with van der Waals surface area (Å²) in [6, 6.07) is 0. The normalized spacial score (nSPS) is 18.7. The number of guanidine groups is 1. The lowest BCUT2D eigenvalue weighted by atomic mass is 9.97. The highest BCUT2D eigenvalue weighted by Crippen LogP contribution is 2.14. The Morgan fingerprint density at radius 3 is 2.68 bits per heavy atom. The number of nitrogens with zero attached hydrogens (tertiary/aromatic N) is 1. The lowest BCUT2D eigenvalue weighted by molar-refractivity contribution is 0.0888. The summed E-state index contributed by atoms with van der Waals surface area (Å²) in [6.07, 6.45) is 8.61. The molecular formula is C19H40IN3O2. The minimum atomic E-state index is 0. The van der Waals surface area contributed by atoms with Gasteiger partial charge in [-0.3, -0.25) is 4.99 Å². The Balaban J connectivity index is 0.00000576. The molecule has 0 aromatic carbocycles. The van der Waals surface area contributed by atoms with Gasteiger partial charge in [-0.15, -0.1) is 24.0 Å². The Kier molecular flexibility index (Phi) is 17.3. The standard InChI is InChI=1S/C19H39N3O2.HI/c1-4-6-9-17(8-5-2)14-22-19(20-3)21-11-7-12-23-15-18-10-13-24-16-18;/h17-18H,4-16H2,1-3H3,(H2,20,21,22);1H. The maximum atomic E-state index is 5.73. The van der Waals surface area contributed by atoms with Crippen molar-refractivity contribution in [3.8, 4) is 0 Å². The lowest BCUT2D eigenvalue weighted by Gasteiger charge is -2.19. The number of rotatable bonds is 13. The number of nitrogens with one attached hydrogen (secondary N) is 2. The molecule has 5 nitrogen and oxygen atoms in total. The average Bonchev–Trinajstić information content (AvgIpc) is 3.11. The topological polar surface area (TPSA) is 54.9 Å². The monoisotopic (exact) mass is 469 g/mol. The van der Waals surface area contributed by atoms with Gasteiger partial charge in [0.25, 0.3) is 0 Å². The van der Waals surface area contributed by atoms with Crippen molar-refractivity contribution in [3.63, 3.8) is 0 Å². The largest absolute Gasteiger partial charge is 0.381 e. The van der Waals surface area contributed by atoms with Crippen molar-refractivity contribution in [2.24, 2.45) is 16.8 Å². The van der Waals surface area contributed by atoms with Crippen molar-refractivity contribution < 1.29 is 9.47 Å². The Labute approximate surface area is 172 Å². The third-order valence-electron chi connectivity index (χ3n) is 4.58. The maximum absolute atomic E-state index is 5.73. The summed E-state index contributed by atoms with van der Waals surface area (Å²) in [5.74, 6) is 2.27.